The number of rotatable bonds is 1. The Balaban J connectivity index is 2.19. The van der Waals surface area contributed by atoms with Crippen LogP contribution in [0.5, 0.6) is 0 Å². The van der Waals surface area contributed by atoms with Crippen LogP contribution >= 0.6 is 0 Å². The quantitative estimate of drug-likeness (QED) is 0.571. The third kappa shape index (κ3) is 1.42. The van der Waals surface area contributed by atoms with Gasteiger partial charge in [-0.2, -0.15) is 0 Å². The van der Waals surface area contributed by atoms with Gasteiger partial charge in [-0.25, -0.2) is 0 Å². The highest BCUT2D eigenvalue weighted by Gasteiger charge is 2.00. The molecule has 1 heterocycles. The number of hydrogen-bond donors (Lipinski definition) is 0. The van der Waals surface area contributed by atoms with Crippen LogP contribution in [0.25, 0.3) is 22.1 Å². The van der Waals surface area contributed by atoms with Gasteiger partial charge in [0.1, 0.15) is 5.58 Å². The highest BCUT2D eigenvalue weighted by molar-refractivity contribution is 5.83. The first-order valence-corrected chi connectivity index (χ1v) is 4.88. The molecule has 0 N–H and O–H groups in total. The highest BCUT2D eigenvalue weighted by Crippen LogP contribution is 2.24. The lowest BCUT2D eigenvalue weighted by Crippen LogP contribution is -1.76. The molecule has 0 atom stereocenters. The Labute approximate surface area is 88.0 Å². The van der Waals surface area contributed by atoms with Gasteiger partial charge in [-0.3, -0.25) is 0 Å². The van der Waals surface area contributed by atoms with E-state index in [0.29, 0.717) is 0 Å². The van der Waals surface area contributed by atoms with E-state index < -0.39 is 0 Å². The Morgan fingerprint density at radius 2 is 2.00 bits per heavy atom. The van der Waals surface area contributed by atoms with Crippen molar-refractivity contribution in [2.75, 3.05) is 0 Å². The molecule has 0 aliphatic rings. The zero-order chi connectivity index (χ0) is 10.1. The van der Waals surface area contributed by atoms with Gasteiger partial charge in [0.15, 0.2) is 0 Å². The van der Waals surface area contributed by atoms with Gasteiger partial charge >= 0.3 is 0 Å². The van der Waals surface area contributed by atoms with E-state index in [1.54, 1.807) is 6.26 Å². The molecule has 0 unspecified atom stereocenters. The number of benzene rings is 2. The SMILES string of the molecule is [c]1ccccc1-c1ccc2occc2c1. The van der Waals surface area contributed by atoms with Gasteiger partial charge in [0.25, 0.3) is 0 Å². The van der Waals surface area contributed by atoms with E-state index in [1.165, 1.54) is 5.56 Å². The molecule has 1 nitrogen and oxygen atoms in total. The summed E-state index contributed by atoms with van der Waals surface area (Å²) < 4.78 is 5.30. The standard InChI is InChI=1S/C14H9O/c1-2-4-11(5-3-1)12-6-7-14-13(10-12)8-9-15-14/h1-4,6-10H. The van der Waals surface area contributed by atoms with Gasteiger partial charge in [-0.1, -0.05) is 30.3 Å². The molecule has 1 heteroatoms. The minimum Gasteiger partial charge on any atom is -0.464 e. The van der Waals surface area contributed by atoms with Crippen molar-refractivity contribution in [1.82, 2.24) is 0 Å². The van der Waals surface area contributed by atoms with Gasteiger partial charge in [-0.15, -0.1) is 0 Å². The maximum Gasteiger partial charge on any atom is 0.133 e. The molecule has 2 aromatic carbocycles. The van der Waals surface area contributed by atoms with E-state index in [4.69, 9.17) is 4.42 Å². The summed E-state index contributed by atoms with van der Waals surface area (Å²) in [5.74, 6) is 0. The first-order chi connectivity index (χ1) is 7.43. The van der Waals surface area contributed by atoms with E-state index in [0.717, 1.165) is 16.5 Å². The average molecular weight is 193 g/mol. The van der Waals surface area contributed by atoms with Crippen LogP contribution in [0.15, 0.2) is 59.2 Å². The molecule has 1 radical (unpaired) electrons. The monoisotopic (exact) mass is 193 g/mol. The maximum atomic E-state index is 5.30. The fourth-order valence-electron chi connectivity index (χ4n) is 1.71. The average Bonchev–Trinajstić information content (AvgIpc) is 2.77. The van der Waals surface area contributed by atoms with Crippen molar-refractivity contribution < 1.29 is 4.42 Å². The van der Waals surface area contributed by atoms with Gasteiger partial charge in [0, 0.05) is 5.39 Å². The lowest BCUT2D eigenvalue weighted by molar-refractivity contribution is 0.616. The Morgan fingerprint density at radius 1 is 1.00 bits per heavy atom. The summed E-state index contributed by atoms with van der Waals surface area (Å²) in [7, 11) is 0. The van der Waals surface area contributed by atoms with Crippen LogP contribution in [-0.4, -0.2) is 0 Å². The van der Waals surface area contributed by atoms with Gasteiger partial charge < -0.3 is 4.42 Å². The molecule has 0 fully saturated rings. The van der Waals surface area contributed by atoms with Gasteiger partial charge in [0.05, 0.1) is 6.26 Å². The van der Waals surface area contributed by atoms with Crippen LogP contribution in [0.1, 0.15) is 0 Å². The number of furan rings is 1. The van der Waals surface area contributed by atoms with Crippen LogP contribution < -0.4 is 0 Å². The van der Waals surface area contributed by atoms with Crippen molar-refractivity contribution in [2.24, 2.45) is 0 Å². The summed E-state index contributed by atoms with van der Waals surface area (Å²) in [5, 5.41) is 1.13. The molecular weight excluding hydrogens is 184 g/mol. The molecule has 3 rings (SSSR count). The second-order valence-electron chi connectivity index (χ2n) is 3.45. The molecule has 0 saturated carbocycles. The fourth-order valence-corrected chi connectivity index (χ4v) is 1.71. The Hall–Kier alpha value is -2.02. The zero-order valence-corrected chi connectivity index (χ0v) is 8.10. The van der Waals surface area contributed by atoms with Crippen LogP contribution in [0, 0.1) is 6.07 Å². The number of fused-ring (bicyclic) bond motifs is 1. The lowest BCUT2D eigenvalue weighted by atomic mass is 10.0. The minimum absolute atomic E-state index is 0.926. The molecule has 0 amide bonds. The molecule has 0 aliphatic heterocycles. The normalized spacial score (nSPS) is 10.7. The predicted octanol–water partition coefficient (Wildman–Crippen LogP) is 3.90. The lowest BCUT2D eigenvalue weighted by Gasteiger charge is -1.99. The van der Waals surface area contributed by atoms with E-state index in [2.05, 4.69) is 24.3 Å². The van der Waals surface area contributed by atoms with Crippen molar-refractivity contribution in [2.45, 2.75) is 0 Å². The molecule has 0 saturated heterocycles. The number of hydrogen-bond acceptors (Lipinski definition) is 1. The zero-order valence-electron chi connectivity index (χ0n) is 8.10. The molecule has 3 aromatic rings. The van der Waals surface area contributed by atoms with Gasteiger partial charge in [-0.05, 0) is 35.4 Å². The summed E-state index contributed by atoms with van der Waals surface area (Å²) in [6.07, 6.45) is 1.71. The second-order valence-corrected chi connectivity index (χ2v) is 3.45. The predicted molar refractivity (Wildman–Crippen MR) is 60.5 cm³/mol. The van der Waals surface area contributed by atoms with Crippen molar-refractivity contribution in [3.63, 3.8) is 0 Å². The summed E-state index contributed by atoms with van der Waals surface area (Å²) in [4.78, 5) is 0. The van der Waals surface area contributed by atoms with E-state index in [1.807, 2.05) is 30.3 Å². The molecule has 15 heavy (non-hydrogen) atoms. The molecule has 71 valence electrons. The van der Waals surface area contributed by atoms with E-state index >= 15 is 0 Å². The largest absolute Gasteiger partial charge is 0.464 e. The van der Waals surface area contributed by atoms with Crippen molar-refractivity contribution in [3.05, 3.63) is 60.9 Å². The minimum atomic E-state index is 0.926. The smallest absolute Gasteiger partial charge is 0.133 e. The van der Waals surface area contributed by atoms with Crippen molar-refractivity contribution in [1.29, 1.82) is 0 Å². The summed E-state index contributed by atoms with van der Waals surface area (Å²) in [6, 6.07) is 19.3. The first-order valence-electron chi connectivity index (χ1n) is 4.88. The molecular formula is C14H9O. The molecule has 0 bridgehead atoms. The third-order valence-corrected chi connectivity index (χ3v) is 2.47. The van der Waals surface area contributed by atoms with Crippen LogP contribution in [0.3, 0.4) is 0 Å². The van der Waals surface area contributed by atoms with Crippen LogP contribution in [0.2, 0.25) is 0 Å². The van der Waals surface area contributed by atoms with Crippen LogP contribution in [0.4, 0.5) is 0 Å². The third-order valence-electron chi connectivity index (χ3n) is 2.47. The fraction of sp³-hybridized carbons (Fsp3) is 0. The first kappa shape index (κ1) is 8.30. The Kier molecular flexibility index (Phi) is 1.82. The summed E-state index contributed by atoms with van der Waals surface area (Å²) in [5.41, 5.74) is 3.21. The molecule has 0 spiro atoms. The van der Waals surface area contributed by atoms with E-state index in [-0.39, 0.29) is 0 Å². The van der Waals surface area contributed by atoms with Crippen molar-refractivity contribution in [3.8, 4) is 11.1 Å². The van der Waals surface area contributed by atoms with E-state index in [9.17, 15) is 0 Å². The second kappa shape index (κ2) is 3.28. The maximum absolute atomic E-state index is 5.30. The summed E-state index contributed by atoms with van der Waals surface area (Å²) >= 11 is 0. The summed E-state index contributed by atoms with van der Waals surface area (Å²) in [6.45, 7) is 0. The molecule has 0 aliphatic carbocycles. The van der Waals surface area contributed by atoms with Crippen molar-refractivity contribution >= 4 is 11.0 Å². The topological polar surface area (TPSA) is 13.1 Å². The molecule has 1 aromatic heterocycles. The highest BCUT2D eigenvalue weighted by atomic mass is 16.3. The van der Waals surface area contributed by atoms with Gasteiger partial charge in [0.2, 0.25) is 0 Å². The van der Waals surface area contributed by atoms with Crippen LogP contribution in [-0.2, 0) is 0 Å². The Morgan fingerprint density at radius 3 is 2.87 bits per heavy atom. The Bertz CT molecular complexity index is 578.